The molecule has 0 amide bonds. The number of aliphatic hydroxyl groups excluding tert-OH is 4. The summed E-state index contributed by atoms with van der Waals surface area (Å²) in [5.41, 5.74) is 0.137. The van der Waals surface area contributed by atoms with Crippen LogP contribution in [-0.4, -0.2) is 67.1 Å². The highest BCUT2D eigenvalue weighted by Crippen LogP contribution is 2.19. The first-order chi connectivity index (χ1) is 10.3. The number of aliphatic hydroxyl groups is 4. The number of nitrogens with zero attached hydrogens (tertiary/aromatic N) is 1. The molecule has 0 bridgehead atoms. The SMILES string of the molecule is O=C(O)[C@H]1O[C@@H](O)[C@H](O)[C@@H](O)[C@@H]1O.O=[N+]([O-])c1ccccc1. The highest BCUT2D eigenvalue weighted by atomic mass is 16.6. The lowest BCUT2D eigenvalue weighted by Crippen LogP contribution is -2.59. The number of hydrogen-bond acceptors (Lipinski definition) is 8. The number of carboxylic acid groups (broad SMARTS) is 1. The topological polar surface area (TPSA) is 171 Å². The monoisotopic (exact) mass is 317 g/mol. The minimum atomic E-state index is -1.81. The third-order valence-electron chi connectivity index (χ3n) is 2.80. The molecule has 2 rings (SSSR count). The third-order valence-corrected chi connectivity index (χ3v) is 2.80. The van der Waals surface area contributed by atoms with E-state index in [2.05, 4.69) is 4.74 Å². The Morgan fingerprint density at radius 2 is 1.59 bits per heavy atom. The molecule has 1 aliphatic rings. The molecule has 10 heteroatoms. The number of carbonyl (C=O) groups is 1. The van der Waals surface area contributed by atoms with Crippen LogP contribution in [0, 0.1) is 10.1 Å². The zero-order chi connectivity index (χ0) is 16.9. The average Bonchev–Trinajstić information content (AvgIpc) is 2.50. The number of nitro benzene ring substituents is 1. The van der Waals surface area contributed by atoms with E-state index in [1.54, 1.807) is 18.2 Å². The van der Waals surface area contributed by atoms with Crippen molar-refractivity contribution in [3.8, 4) is 0 Å². The molecule has 0 radical (unpaired) electrons. The van der Waals surface area contributed by atoms with Crippen LogP contribution >= 0.6 is 0 Å². The van der Waals surface area contributed by atoms with E-state index >= 15 is 0 Å². The standard InChI is InChI=1S/C6H5NO2.C6H10O7/c8-7(9)6-4-2-1-3-5-6;7-1-2(8)4(5(10)11)13-6(12)3(1)9/h1-5H;1-4,6-9,12H,(H,10,11)/t;1-,2-,3+,4-,6+/m.0/s1. The van der Waals surface area contributed by atoms with Gasteiger partial charge in [-0.25, -0.2) is 4.79 Å². The van der Waals surface area contributed by atoms with E-state index in [0.717, 1.165) is 0 Å². The van der Waals surface area contributed by atoms with Crippen molar-refractivity contribution >= 4 is 11.7 Å². The van der Waals surface area contributed by atoms with Crippen molar-refractivity contribution in [2.75, 3.05) is 0 Å². The first kappa shape index (κ1) is 17.9. The fourth-order valence-electron chi connectivity index (χ4n) is 1.61. The van der Waals surface area contributed by atoms with E-state index in [4.69, 9.17) is 25.5 Å². The summed E-state index contributed by atoms with van der Waals surface area (Å²) in [5.74, 6) is -1.52. The maximum absolute atomic E-state index is 10.4. The molecule has 1 heterocycles. The number of carboxylic acids is 1. The van der Waals surface area contributed by atoms with Gasteiger partial charge >= 0.3 is 5.97 Å². The lowest BCUT2D eigenvalue weighted by atomic mass is 9.99. The predicted octanol–water partition coefficient (Wildman–Crippen LogP) is -1.53. The molecule has 5 N–H and O–H groups in total. The van der Waals surface area contributed by atoms with Gasteiger partial charge in [0.25, 0.3) is 5.69 Å². The number of hydrogen-bond donors (Lipinski definition) is 5. The number of rotatable bonds is 2. The van der Waals surface area contributed by atoms with Crippen molar-refractivity contribution in [2.45, 2.75) is 30.7 Å². The molecule has 1 aromatic rings. The van der Waals surface area contributed by atoms with E-state index < -0.39 is 41.6 Å². The van der Waals surface area contributed by atoms with Crippen molar-refractivity contribution in [1.29, 1.82) is 0 Å². The fraction of sp³-hybridized carbons (Fsp3) is 0.417. The maximum atomic E-state index is 10.4. The second-order valence-electron chi connectivity index (χ2n) is 4.35. The molecule has 1 saturated heterocycles. The molecule has 0 spiro atoms. The molecular weight excluding hydrogens is 302 g/mol. The quantitative estimate of drug-likeness (QED) is 0.320. The number of nitro groups is 1. The Hall–Kier alpha value is -2.11. The first-order valence-electron chi connectivity index (χ1n) is 6.05. The largest absolute Gasteiger partial charge is 0.479 e. The van der Waals surface area contributed by atoms with Crippen molar-refractivity contribution in [3.05, 3.63) is 40.4 Å². The molecule has 5 atom stereocenters. The smallest absolute Gasteiger partial charge is 0.335 e. The van der Waals surface area contributed by atoms with Crippen molar-refractivity contribution in [1.82, 2.24) is 0 Å². The van der Waals surface area contributed by atoms with E-state index in [9.17, 15) is 14.9 Å². The Kier molecular flexibility index (Phi) is 6.34. The van der Waals surface area contributed by atoms with Gasteiger partial charge in [0.1, 0.15) is 18.3 Å². The van der Waals surface area contributed by atoms with Gasteiger partial charge in [-0.1, -0.05) is 18.2 Å². The van der Waals surface area contributed by atoms with Gasteiger partial charge in [0.2, 0.25) is 0 Å². The molecule has 22 heavy (non-hydrogen) atoms. The van der Waals surface area contributed by atoms with E-state index in [1.165, 1.54) is 12.1 Å². The number of non-ortho nitro benzene ring substituents is 1. The molecule has 1 aromatic carbocycles. The number of aliphatic carboxylic acids is 1. The highest BCUT2D eigenvalue weighted by molar-refractivity contribution is 5.73. The van der Waals surface area contributed by atoms with Gasteiger partial charge < -0.3 is 30.3 Å². The first-order valence-corrected chi connectivity index (χ1v) is 6.05. The zero-order valence-corrected chi connectivity index (χ0v) is 11.1. The summed E-state index contributed by atoms with van der Waals surface area (Å²) in [6.45, 7) is 0. The zero-order valence-electron chi connectivity index (χ0n) is 11.1. The van der Waals surface area contributed by atoms with E-state index in [0.29, 0.717) is 0 Å². The molecule has 0 aromatic heterocycles. The Morgan fingerprint density at radius 1 is 1.05 bits per heavy atom. The Bertz CT molecular complexity index is 509. The third kappa shape index (κ3) is 4.44. The second kappa shape index (κ2) is 7.77. The lowest BCUT2D eigenvalue weighted by Gasteiger charge is -2.36. The van der Waals surface area contributed by atoms with Crippen LogP contribution in [0.5, 0.6) is 0 Å². The average molecular weight is 317 g/mol. The van der Waals surface area contributed by atoms with Gasteiger partial charge in [-0.2, -0.15) is 0 Å². The Balaban J connectivity index is 0.000000235. The van der Waals surface area contributed by atoms with Crippen LogP contribution in [0.15, 0.2) is 30.3 Å². The van der Waals surface area contributed by atoms with Gasteiger partial charge in [-0.15, -0.1) is 0 Å². The summed E-state index contributed by atoms with van der Waals surface area (Å²) in [7, 11) is 0. The predicted molar refractivity (Wildman–Crippen MR) is 69.6 cm³/mol. The molecule has 0 aliphatic carbocycles. The lowest BCUT2D eigenvalue weighted by molar-refractivity contribution is -0.384. The van der Waals surface area contributed by atoms with Crippen LogP contribution in [0.2, 0.25) is 0 Å². The summed E-state index contributed by atoms with van der Waals surface area (Å²) in [4.78, 5) is 20.0. The minimum absolute atomic E-state index is 0.137. The summed E-state index contributed by atoms with van der Waals surface area (Å²) in [5, 5.41) is 54.4. The number of para-hydroxylation sites is 1. The van der Waals surface area contributed by atoms with Crippen LogP contribution in [-0.2, 0) is 9.53 Å². The van der Waals surface area contributed by atoms with Gasteiger partial charge in [0.05, 0.1) is 4.92 Å². The molecule has 1 fully saturated rings. The fourth-order valence-corrected chi connectivity index (χ4v) is 1.61. The van der Waals surface area contributed by atoms with Crippen LogP contribution in [0.25, 0.3) is 0 Å². The van der Waals surface area contributed by atoms with Crippen molar-refractivity contribution in [2.24, 2.45) is 0 Å². The minimum Gasteiger partial charge on any atom is -0.479 e. The van der Waals surface area contributed by atoms with Crippen molar-refractivity contribution < 1.29 is 40.0 Å². The Morgan fingerprint density at radius 3 is 2.00 bits per heavy atom. The van der Waals surface area contributed by atoms with Gasteiger partial charge in [-0.3, -0.25) is 10.1 Å². The molecule has 1 aliphatic heterocycles. The van der Waals surface area contributed by atoms with Crippen LogP contribution in [0.3, 0.4) is 0 Å². The molecule has 0 unspecified atom stereocenters. The number of ether oxygens (including phenoxy) is 1. The normalized spacial score (nSPS) is 30.8. The van der Waals surface area contributed by atoms with Gasteiger partial charge in [0, 0.05) is 12.1 Å². The second-order valence-corrected chi connectivity index (χ2v) is 4.35. The summed E-state index contributed by atoms with van der Waals surface area (Å²) in [6.07, 6.45) is -8.72. The van der Waals surface area contributed by atoms with Crippen LogP contribution in [0.1, 0.15) is 0 Å². The van der Waals surface area contributed by atoms with E-state index in [1.807, 2.05) is 0 Å². The van der Waals surface area contributed by atoms with Crippen LogP contribution < -0.4 is 0 Å². The molecule has 10 nitrogen and oxygen atoms in total. The van der Waals surface area contributed by atoms with Crippen molar-refractivity contribution in [3.63, 3.8) is 0 Å². The summed E-state index contributed by atoms with van der Waals surface area (Å²) in [6, 6.07) is 7.93. The van der Waals surface area contributed by atoms with Gasteiger partial charge in [0.15, 0.2) is 12.4 Å². The maximum Gasteiger partial charge on any atom is 0.335 e. The summed E-state index contributed by atoms with van der Waals surface area (Å²) < 4.78 is 4.34. The molecule has 0 saturated carbocycles. The molecular formula is C12H15NO9. The molecule has 122 valence electrons. The number of benzene rings is 1. The van der Waals surface area contributed by atoms with E-state index in [-0.39, 0.29) is 5.69 Å². The van der Waals surface area contributed by atoms with Crippen LogP contribution in [0.4, 0.5) is 5.69 Å². The van der Waals surface area contributed by atoms with Gasteiger partial charge in [-0.05, 0) is 0 Å². The summed E-state index contributed by atoms with van der Waals surface area (Å²) >= 11 is 0. The highest BCUT2D eigenvalue weighted by Gasteiger charge is 2.46. The Labute approximate surface area is 124 Å².